The average Bonchev–Trinajstić information content (AvgIpc) is 3.08. The normalized spacial score (nSPS) is 38.0. The Bertz CT molecular complexity index is 1030. The van der Waals surface area contributed by atoms with Crippen molar-refractivity contribution in [2.75, 3.05) is 156 Å². The van der Waals surface area contributed by atoms with Crippen LogP contribution in [0.5, 0.6) is 0 Å². The van der Waals surface area contributed by atoms with E-state index in [0.29, 0.717) is 48.4 Å². The van der Waals surface area contributed by atoms with Crippen molar-refractivity contribution in [2.45, 2.75) is 48.4 Å². The first-order valence-corrected chi connectivity index (χ1v) is 56.2. The minimum absolute atomic E-state index is 0.328. The van der Waals surface area contributed by atoms with Gasteiger partial charge in [-0.2, -0.15) is 0 Å². The highest BCUT2D eigenvalue weighted by Gasteiger charge is 2.83. The molecule has 0 saturated carbocycles. The lowest BCUT2D eigenvalue weighted by molar-refractivity contribution is -0.0280. The van der Waals surface area contributed by atoms with Crippen molar-refractivity contribution in [2.24, 2.45) is 0 Å². The summed E-state index contributed by atoms with van der Waals surface area (Å²) in [7, 11) is -33.3. The molecule has 8 bridgehead atoms. The molecule has 0 aromatic rings. The van der Waals surface area contributed by atoms with Gasteiger partial charge in [-0.25, -0.2) is 0 Å². The van der Waals surface area contributed by atoms with Crippen LogP contribution in [0.3, 0.4) is 0 Å². The van der Waals surface area contributed by atoms with Crippen molar-refractivity contribution in [3.63, 3.8) is 0 Å². The molecule has 0 aromatic carbocycles. The topological polar surface area (TPSA) is 111 Å². The Labute approximate surface area is 384 Å². The Kier molecular flexibility index (Phi) is 21.2. The first-order valence-electron chi connectivity index (χ1n) is 21.4. The summed E-state index contributed by atoms with van der Waals surface area (Å²) in [6.45, 7) is 37.2. The molecule has 28 heteroatoms. The third-order valence-corrected chi connectivity index (χ3v) is 59.7. The maximum atomic E-state index is 8.01. The molecule has 12 nitrogen and oxygen atoms in total. The largest absolute Gasteiger partial charge is 0.479 e. The van der Waals surface area contributed by atoms with Gasteiger partial charge < -0.3 is 49.4 Å². The monoisotopic (exact) mass is 1130 g/mol. The fraction of sp³-hybridized carbons (Fsp3) is 1.00. The van der Waals surface area contributed by atoms with E-state index < -0.39 is 70.4 Å². The number of hydrogen-bond acceptors (Lipinski definition) is 12. The van der Waals surface area contributed by atoms with Crippen molar-refractivity contribution in [1.82, 2.24) is 0 Å². The van der Waals surface area contributed by atoms with Crippen LogP contribution >= 0.6 is 63.4 Å². The summed E-state index contributed by atoms with van der Waals surface area (Å²) >= 11 is 0. The fourth-order valence-electron chi connectivity index (χ4n) is 7.45. The van der Waals surface area contributed by atoms with Crippen molar-refractivity contribution >= 4 is 134 Å². The quantitative estimate of drug-likeness (QED) is 0.0678. The molecule has 6 aliphatic heterocycles. The van der Waals surface area contributed by atoms with E-state index in [1.807, 2.05) is 0 Å². The van der Waals surface area contributed by atoms with Gasteiger partial charge in [-0.1, -0.05) is 0 Å². The Morgan fingerprint density at radius 2 is 0.267 bits per heavy atom. The van der Waals surface area contributed by atoms with Crippen molar-refractivity contribution in [1.29, 1.82) is 0 Å². The van der Waals surface area contributed by atoms with Crippen LogP contribution in [-0.2, 0) is 49.4 Å². The summed E-state index contributed by atoms with van der Waals surface area (Å²) in [4.78, 5) is 0. The lowest BCUT2D eigenvalue weighted by Gasteiger charge is -2.63. The van der Waals surface area contributed by atoms with Gasteiger partial charge in [-0.3, -0.25) is 0 Å². The third-order valence-electron chi connectivity index (χ3n) is 10.7. The Balaban J connectivity index is 1.94. The van der Waals surface area contributed by atoms with E-state index in [-0.39, 0.29) is 63.4 Å². The predicted molar refractivity (Wildman–Crippen MR) is 287 cm³/mol. The molecule has 60 heavy (non-hydrogen) atoms. The average molecular weight is 1130 g/mol. The molecule has 6 rings (SSSR count). The van der Waals surface area contributed by atoms with E-state index in [9.17, 15) is 0 Å². The molecule has 0 aromatic heterocycles. The van der Waals surface area contributed by atoms with Gasteiger partial charge in [-0.15, -0.1) is 63.4 Å². The van der Waals surface area contributed by atoms with Gasteiger partial charge in [0.25, 0.3) is 0 Å². The van der Waals surface area contributed by atoms with E-state index in [1.165, 1.54) is 0 Å². The summed E-state index contributed by atoms with van der Waals surface area (Å²) in [5.41, 5.74) is 0. The Morgan fingerprint density at radius 3 is 0.333 bits per heavy atom. The summed E-state index contributed by atoms with van der Waals surface area (Å²) in [5, 5.41) is 0. The minimum Gasteiger partial charge on any atom is -0.373 e. The van der Waals surface area contributed by atoms with Gasteiger partial charge in [0.05, 0.1) is 0 Å². The lowest BCUT2D eigenvalue weighted by atomic mass is 11.0. The molecule has 0 atom stereocenters. The lowest BCUT2D eigenvalue weighted by Crippen LogP contribution is -2.88. The van der Waals surface area contributed by atoms with Crippen molar-refractivity contribution in [3.05, 3.63) is 0 Å². The van der Waals surface area contributed by atoms with Crippen molar-refractivity contribution in [3.8, 4) is 0 Å². The Morgan fingerprint density at radius 1 is 0.183 bits per heavy atom. The molecule has 6 heterocycles. The van der Waals surface area contributed by atoms with Crippen LogP contribution in [-0.4, -0.2) is 226 Å². The molecular weight excluding hydrogens is 1050 g/mol. The second-order valence-electron chi connectivity index (χ2n) is 19.1. The van der Waals surface area contributed by atoms with Gasteiger partial charge in [0.15, 0.2) is 0 Å². The predicted octanol–water partition coefficient (Wildman–Crippen LogP) is 9.70. The molecule has 0 radical (unpaired) electrons. The van der Waals surface area contributed by atoms with Crippen LogP contribution in [0, 0.1) is 0 Å². The SMILES string of the molecule is CP(C)CC[Si]12O[Si]3(CCP(C)C)O[Si]4(CCP(C)C)O[Si](CCP(C)C)(O1)O[Si]1(CCP(C)C)O[Si](CCP(C)C)(O2)O[Si](CCP(C)C)(O3)O[Si](CCP(C)C)(O4)O1. The molecule has 0 unspecified atom stereocenters. The first kappa shape index (κ1) is 55.6. The maximum Gasteiger partial charge on any atom is 0.479 e. The van der Waals surface area contributed by atoms with Gasteiger partial charge in [0.1, 0.15) is 0 Å². The van der Waals surface area contributed by atoms with E-state index in [1.54, 1.807) is 0 Å². The van der Waals surface area contributed by atoms with E-state index >= 15 is 0 Å². The van der Waals surface area contributed by atoms with Crippen molar-refractivity contribution < 1.29 is 49.4 Å². The third kappa shape index (κ3) is 15.3. The van der Waals surface area contributed by atoms with Crippen LogP contribution in [0.4, 0.5) is 0 Å². The minimum atomic E-state index is -3.83. The highest BCUT2D eigenvalue weighted by atomic mass is 31.1. The van der Waals surface area contributed by atoms with Gasteiger partial charge >= 0.3 is 70.4 Å². The molecule has 352 valence electrons. The van der Waals surface area contributed by atoms with Gasteiger partial charge in [-0.05, 0) is 156 Å². The molecule has 0 aliphatic carbocycles. The van der Waals surface area contributed by atoms with Crippen LogP contribution in [0.2, 0.25) is 48.4 Å². The zero-order valence-corrected chi connectivity index (χ0v) is 54.9. The molecule has 0 spiro atoms. The fourth-order valence-corrected chi connectivity index (χ4v) is 76.1. The highest BCUT2D eigenvalue weighted by Crippen LogP contribution is 2.56. The standard InChI is InChI=1S/C32H80O12P8Si8/c1-45(2)17-25-53-33-54(26-18-46(3)4)36-57(29-21-49(9)10)38-55(34-53,27-19-47(5)6)40-59(31-23-51(13)14)41-56(35-53,28-20-48(7)8)39-58(37-54,30-22-50(11)12)43-60(42-57,44-59)32-24-52(15)16/h17-32H2,1-16H3. The zero-order chi connectivity index (χ0) is 44.4. The molecule has 6 fully saturated rings. The maximum absolute atomic E-state index is 8.01. The summed E-state index contributed by atoms with van der Waals surface area (Å²) in [5.74, 6) is 0. The second-order valence-corrected chi connectivity index (χ2v) is 64.7. The number of hydrogen-bond donors (Lipinski definition) is 0. The van der Waals surface area contributed by atoms with Gasteiger partial charge in [0, 0.05) is 48.4 Å². The molecule has 0 N–H and O–H groups in total. The van der Waals surface area contributed by atoms with Crippen LogP contribution < -0.4 is 0 Å². The zero-order valence-electron chi connectivity index (χ0n) is 39.8. The molecule has 6 saturated heterocycles. The van der Waals surface area contributed by atoms with Crippen LogP contribution in [0.15, 0.2) is 0 Å². The second kappa shape index (κ2) is 22.8. The number of rotatable bonds is 24. The van der Waals surface area contributed by atoms with E-state index in [2.05, 4.69) is 107 Å². The summed E-state index contributed by atoms with van der Waals surface area (Å²) in [6.07, 6.45) is 7.25. The summed E-state index contributed by atoms with van der Waals surface area (Å²) in [6, 6.07) is 4.88. The smallest absolute Gasteiger partial charge is 0.373 e. The summed E-state index contributed by atoms with van der Waals surface area (Å²) < 4.78 is 96.1. The van der Waals surface area contributed by atoms with Crippen LogP contribution in [0.1, 0.15) is 0 Å². The van der Waals surface area contributed by atoms with Gasteiger partial charge in [0.2, 0.25) is 0 Å². The van der Waals surface area contributed by atoms with E-state index in [4.69, 9.17) is 49.4 Å². The molecule has 6 aliphatic rings. The van der Waals surface area contributed by atoms with Crippen LogP contribution in [0.25, 0.3) is 0 Å². The molecular formula is C32H80O12P8Si8. The Hall–Kier alpha value is 4.70. The molecule has 0 amide bonds. The highest BCUT2D eigenvalue weighted by molar-refractivity contribution is 7.58. The van der Waals surface area contributed by atoms with E-state index in [0.717, 1.165) is 49.3 Å². The first-order chi connectivity index (χ1) is 27.8.